The van der Waals surface area contributed by atoms with Crippen molar-refractivity contribution in [1.82, 2.24) is 24.7 Å². The van der Waals surface area contributed by atoms with E-state index in [1.165, 1.54) is 11.8 Å². The Kier molecular flexibility index (Phi) is 3.01. The van der Waals surface area contributed by atoms with Gasteiger partial charge in [-0.1, -0.05) is 0 Å². The van der Waals surface area contributed by atoms with Crippen molar-refractivity contribution >= 4 is 27.7 Å². The molecule has 0 N–H and O–H groups in total. The van der Waals surface area contributed by atoms with Gasteiger partial charge in [0.15, 0.2) is 10.3 Å². The lowest BCUT2D eigenvalue weighted by atomic mass is 10.7. The molecule has 2 aromatic heterocycles. The quantitative estimate of drug-likeness (QED) is 0.788. The van der Waals surface area contributed by atoms with Crippen LogP contribution in [0.4, 0.5) is 0 Å². The van der Waals surface area contributed by atoms with Crippen LogP contribution in [0.2, 0.25) is 0 Å². The van der Waals surface area contributed by atoms with Crippen molar-refractivity contribution in [3.05, 3.63) is 22.7 Å². The Balaban J connectivity index is 2.22. The van der Waals surface area contributed by atoms with Crippen LogP contribution in [0.3, 0.4) is 0 Å². The van der Waals surface area contributed by atoms with Crippen LogP contribution in [0.25, 0.3) is 0 Å². The molecule has 78 valence electrons. The van der Waals surface area contributed by atoms with Gasteiger partial charge in [-0.05, 0) is 34.6 Å². The fourth-order valence-electron chi connectivity index (χ4n) is 0.911. The Bertz CT molecular complexity index is 466. The van der Waals surface area contributed by atoms with E-state index >= 15 is 0 Å². The molecule has 0 aromatic carbocycles. The molecular formula is C8H8BrN5S. The summed E-state index contributed by atoms with van der Waals surface area (Å²) in [6, 6.07) is 0. The first kappa shape index (κ1) is 10.6. The molecule has 0 aliphatic heterocycles. The van der Waals surface area contributed by atoms with Crippen molar-refractivity contribution in [2.24, 2.45) is 7.05 Å². The smallest absolute Gasteiger partial charge is 0.198 e. The summed E-state index contributed by atoms with van der Waals surface area (Å²) in [5.74, 6) is 0.870. The Morgan fingerprint density at radius 1 is 1.27 bits per heavy atom. The Labute approximate surface area is 99.5 Å². The van der Waals surface area contributed by atoms with E-state index < -0.39 is 0 Å². The molecule has 5 nitrogen and oxygen atoms in total. The molecular weight excluding hydrogens is 278 g/mol. The molecule has 0 spiro atoms. The van der Waals surface area contributed by atoms with E-state index in [1.54, 1.807) is 12.4 Å². The summed E-state index contributed by atoms with van der Waals surface area (Å²) in [7, 11) is 1.91. The molecule has 0 amide bonds. The molecule has 0 bridgehead atoms. The molecule has 0 aliphatic carbocycles. The van der Waals surface area contributed by atoms with Gasteiger partial charge in [-0.3, -0.25) is 0 Å². The van der Waals surface area contributed by atoms with Crippen molar-refractivity contribution in [3.8, 4) is 0 Å². The fourth-order valence-corrected chi connectivity index (χ4v) is 1.84. The molecule has 0 saturated carbocycles. The van der Waals surface area contributed by atoms with E-state index in [0.717, 1.165) is 15.5 Å². The van der Waals surface area contributed by atoms with E-state index in [4.69, 9.17) is 0 Å². The normalized spacial score (nSPS) is 10.6. The first-order valence-electron chi connectivity index (χ1n) is 4.18. The minimum absolute atomic E-state index is 0.661. The summed E-state index contributed by atoms with van der Waals surface area (Å²) >= 11 is 4.67. The van der Waals surface area contributed by atoms with Crippen molar-refractivity contribution in [3.63, 3.8) is 0 Å². The number of hydrogen-bond acceptors (Lipinski definition) is 5. The third-order valence-corrected chi connectivity index (χ3v) is 3.17. The number of aromatic nitrogens is 5. The van der Waals surface area contributed by atoms with Crippen LogP contribution in [0.15, 0.2) is 27.2 Å². The van der Waals surface area contributed by atoms with Crippen LogP contribution in [0, 0.1) is 6.92 Å². The van der Waals surface area contributed by atoms with Crippen molar-refractivity contribution in [1.29, 1.82) is 0 Å². The SMILES string of the molecule is Cc1nnc(Sc2ncc(Br)cn2)n1C. The highest BCUT2D eigenvalue weighted by atomic mass is 79.9. The highest BCUT2D eigenvalue weighted by Gasteiger charge is 2.08. The number of rotatable bonds is 2. The minimum atomic E-state index is 0.661. The summed E-state index contributed by atoms with van der Waals surface area (Å²) in [6.07, 6.45) is 3.41. The summed E-state index contributed by atoms with van der Waals surface area (Å²) in [5, 5.41) is 9.42. The van der Waals surface area contributed by atoms with Gasteiger partial charge in [-0.15, -0.1) is 10.2 Å². The van der Waals surface area contributed by atoms with Crippen LogP contribution in [-0.4, -0.2) is 24.7 Å². The van der Waals surface area contributed by atoms with E-state index in [1.807, 2.05) is 18.5 Å². The van der Waals surface area contributed by atoms with Gasteiger partial charge in [0.1, 0.15) is 5.82 Å². The summed E-state index contributed by atoms with van der Waals surface area (Å²) in [6.45, 7) is 1.90. The lowest BCUT2D eigenvalue weighted by Crippen LogP contribution is -1.94. The molecule has 0 unspecified atom stereocenters. The van der Waals surface area contributed by atoms with Gasteiger partial charge in [-0.2, -0.15) is 0 Å². The van der Waals surface area contributed by atoms with Gasteiger partial charge in [0.05, 0.1) is 4.47 Å². The minimum Gasteiger partial charge on any atom is -0.309 e. The lowest BCUT2D eigenvalue weighted by molar-refractivity contribution is 0.762. The second-order valence-corrected chi connectivity index (χ2v) is 4.72. The fraction of sp³-hybridized carbons (Fsp3) is 0.250. The zero-order chi connectivity index (χ0) is 10.8. The zero-order valence-electron chi connectivity index (χ0n) is 8.18. The van der Waals surface area contributed by atoms with Gasteiger partial charge in [0.2, 0.25) is 0 Å². The standard InChI is InChI=1S/C8H8BrN5S/c1-5-12-13-8(14(5)2)15-7-10-3-6(9)4-11-7/h3-4H,1-2H3. The van der Waals surface area contributed by atoms with Gasteiger partial charge < -0.3 is 4.57 Å². The van der Waals surface area contributed by atoms with Gasteiger partial charge >= 0.3 is 0 Å². The molecule has 2 aromatic rings. The molecule has 0 aliphatic rings. The topological polar surface area (TPSA) is 56.5 Å². The van der Waals surface area contributed by atoms with Crippen molar-refractivity contribution in [2.45, 2.75) is 17.2 Å². The van der Waals surface area contributed by atoms with Crippen LogP contribution < -0.4 is 0 Å². The maximum absolute atomic E-state index is 4.15. The largest absolute Gasteiger partial charge is 0.309 e. The third kappa shape index (κ3) is 2.35. The molecule has 2 rings (SSSR count). The summed E-state index contributed by atoms with van der Waals surface area (Å²) in [5.41, 5.74) is 0. The van der Waals surface area contributed by atoms with E-state index in [0.29, 0.717) is 5.16 Å². The molecule has 0 atom stereocenters. The van der Waals surface area contributed by atoms with E-state index in [2.05, 4.69) is 36.1 Å². The number of hydrogen-bond donors (Lipinski definition) is 0. The van der Waals surface area contributed by atoms with E-state index in [9.17, 15) is 0 Å². The molecule has 0 radical (unpaired) electrons. The third-order valence-electron chi connectivity index (χ3n) is 1.83. The first-order chi connectivity index (χ1) is 7.16. The lowest BCUT2D eigenvalue weighted by Gasteiger charge is -1.99. The molecule has 0 fully saturated rings. The molecule has 15 heavy (non-hydrogen) atoms. The second kappa shape index (κ2) is 4.28. The number of nitrogens with zero attached hydrogens (tertiary/aromatic N) is 5. The van der Waals surface area contributed by atoms with Crippen LogP contribution in [0.5, 0.6) is 0 Å². The van der Waals surface area contributed by atoms with E-state index in [-0.39, 0.29) is 0 Å². The maximum Gasteiger partial charge on any atom is 0.198 e. The molecule has 0 saturated heterocycles. The predicted octanol–water partition coefficient (Wildman–Crippen LogP) is 1.83. The average molecular weight is 286 g/mol. The van der Waals surface area contributed by atoms with Crippen LogP contribution in [0.1, 0.15) is 5.82 Å². The highest BCUT2D eigenvalue weighted by molar-refractivity contribution is 9.10. The monoisotopic (exact) mass is 285 g/mol. The Morgan fingerprint density at radius 2 is 1.93 bits per heavy atom. The second-order valence-electron chi connectivity index (χ2n) is 2.87. The maximum atomic E-state index is 4.15. The highest BCUT2D eigenvalue weighted by Crippen LogP contribution is 2.22. The summed E-state index contributed by atoms with van der Waals surface area (Å²) < 4.78 is 2.76. The van der Waals surface area contributed by atoms with Crippen LogP contribution in [-0.2, 0) is 7.05 Å². The zero-order valence-corrected chi connectivity index (χ0v) is 10.6. The molecule has 7 heteroatoms. The van der Waals surface area contributed by atoms with Crippen LogP contribution >= 0.6 is 27.7 Å². The predicted molar refractivity (Wildman–Crippen MR) is 59.6 cm³/mol. The number of halogens is 1. The Hall–Kier alpha value is -0.950. The van der Waals surface area contributed by atoms with Crippen molar-refractivity contribution in [2.75, 3.05) is 0 Å². The van der Waals surface area contributed by atoms with Gasteiger partial charge in [-0.25, -0.2) is 9.97 Å². The average Bonchev–Trinajstić information content (AvgIpc) is 2.53. The molecule has 2 heterocycles. The van der Waals surface area contributed by atoms with Gasteiger partial charge in [0.25, 0.3) is 0 Å². The van der Waals surface area contributed by atoms with Crippen molar-refractivity contribution < 1.29 is 0 Å². The van der Waals surface area contributed by atoms with Gasteiger partial charge in [0, 0.05) is 19.4 Å². The first-order valence-corrected chi connectivity index (χ1v) is 5.79. The number of aryl methyl sites for hydroxylation is 1. The summed E-state index contributed by atoms with van der Waals surface area (Å²) in [4.78, 5) is 8.30. The Morgan fingerprint density at radius 3 is 2.47 bits per heavy atom.